The van der Waals surface area contributed by atoms with Crippen molar-refractivity contribution in [3.8, 4) is 0 Å². The van der Waals surface area contributed by atoms with Gasteiger partial charge in [0, 0.05) is 5.02 Å². The Morgan fingerprint density at radius 2 is 1.76 bits per heavy atom. The van der Waals surface area contributed by atoms with E-state index in [1.807, 2.05) is 0 Å². The normalized spacial score (nSPS) is 11.7. The first-order chi connectivity index (χ1) is 11.8. The Labute approximate surface area is 152 Å². The number of amides is 1. The predicted octanol–water partition coefficient (Wildman–Crippen LogP) is 4.31. The van der Waals surface area contributed by atoms with Gasteiger partial charge in [-0.05, 0) is 30.7 Å². The zero-order valence-electron chi connectivity index (χ0n) is 13.0. The van der Waals surface area contributed by atoms with Crippen LogP contribution in [0.4, 0.5) is 8.78 Å². The monoisotopic (exact) mass is 387 g/mol. The minimum atomic E-state index is -1.24. The minimum absolute atomic E-state index is 0.311. The van der Waals surface area contributed by atoms with Gasteiger partial charge in [0.25, 0.3) is 5.91 Å². The van der Waals surface area contributed by atoms with E-state index >= 15 is 0 Å². The van der Waals surface area contributed by atoms with Crippen LogP contribution in [0.15, 0.2) is 36.4 Å². The van der Waals surface area contributed by atoms with Gasteiger partial charge in [0.1, 0.15) is 0 Å². The minimum Gasteiger partial charge on any atom is -0.452 e. The molecule has 25 heavy (non-hydrogen) atoms. The van der Waals surface area contributed by atoms with Gasteiger partial charge in [0.2, 0.25) is 0 Å². The highest BCUT2D eigenvalue weighted by molar-refractivity contribution is 6.33. The van der Waals surface area contributed by atoms with Gasteiger partial charge >= 0.3 is 5.97 Å². The summed E-state index contributed by atoms with van der Waals surface area (Å²) in [5, 5.41) is 2.79. The lowest BCUT2D eigenvalue weighted by atomic mass is 10.1. The maximum Gasteiger partial charge on any atom is 0.340 e. The summed E-state index contributed by atoms with van der Waals surface area (Å²) in [7, 11) is 0. The number of esters is 1. The molecule has 2 rings (SSSR count). The Bertz CT molecular complexity index is 814. The molecule has 0 aliphatic rings. The molecule has 1 amide bonds. The third kappa shape index (κ3) is 4.90. The SMILES string of the molecule is C[C@H](NC(=O)COC(=O)c1cc(F)c(F)cc1Cl)c1ccccc1Cl. The first kappa shape index (κ1) is 19.1. The van der Waals surface area contributed by atoms with Gasteiger partial charge in [0.05, 0.1) is 16.6 Å². The fourth-order valence-electron chi connectivity index (χ4n) is 2.08. The van der Waals surface area contributed by atoms with Crippen LogP contribution in [0.2, 0.25) is 10.0 Å². The summed E-state index contributed by atoms with van der Waals surface area (Å²) in [6, 6.07) is 7.83. The number of carbonyl (C=O) groups is 2. The molecule has 2 aromatic carbocycles. The van der Waals surface area contributed by atoms with Crippen molar-refractivity contribution in [3.05, 3.63) is 69.2 Å². The Hall–Kier alpha value is -2.18. The van der Waals surface area contributed by atoms with E-state index in [1.165, 1.54) is 0 Å². The van der Waals surface area contributed by atoms with Crippen molar-refractivity contribution in [2.45, 2.75) is 13.0 Å². The van der Waals surface area contributed by atoms with Gasteiger partial charge in [-0.15, -0.1) is 0 Å². The summed E-state index contributed by atoms with van der Waals surface area (Å²) in [5.41, 5.74) is 0.333. The van der Waals surface area contributed by atoms with Crippen LogP contribution in [0.25, 0.3) is 0 Å². The molecule has 1 N–H and O–H groups in total. The molecular formula is C17H13Cl2F2NO3. The maximum absolute atomic E-state index is 13.2. The Balaban J connectivity index is 1.95. The molecule has 0 aromatic heterocycles. The third-order valence-corrected chi connectivity index (χ3v) is 3.97. The molecule has 0 saturated heterocycles. The van der Waals surface area contributed by atoms with E-state index in [1.54, 1.807) is 31.2 Å². The lowest BCUT2D eigenvalue weighted by Crippen LogP contribution is -2.31. The fraction of sp³-hybridized carbons (Fsp3) is 0.176. The predicted molar refractivity (Wildman–Crippen MR) is 89.7 cm³/mol. The molecule has 132 valence electrons. The van der Waals surface area contributed by atoms with Crippen LogP contribution in [0, 0.1) is 11.6 Å². The Morgan fingerprint density at radius 3 is 2.44 bits per heavy atom. The second-order valence-electron chi connectivity index (χ2n) is 5.13. The molecule has 2 aromatic rings. The first-order valence-electron chi connectivity index (χ1n) is 7.15. The van der Waals surface area contributed by atoms with Crippen LogP contribution in [-0.4, -0.2) is 18.5 Å². The van der Waals surface area contributed by atoms with Gasteiger partial charge < -0.3 is 10.1 Å². The highest BCUT2D eigenvalue weighted by atomic mass is 35.5. The summed E-state index contributed by atoms with van der Waals surface area (Å²) >= 11 is 11.7. The van der Waals surface area contributed by atoms with Crippen LogP contribution >= 0.6 is 23.2 Å². The standard InChI is InChI=1S/C17H13Cl2F2NO3/c1-9(10-4-2-3-5-12(10)18)22-16(23)8-25-17(24)11-6-14(20)15(21)7-13(11)19/h2-7,9H,8H2,1H3,(H,22,23)/t9-/m0/s1. The largest absolute Gasteiger partial charge is 0.452 e. The Morgan fingerprint density at radius 1 is 1.12 bits per heavy atom. The zero-order valence-corrected chi connectivity index (χ0v) is 14.5. The first-order valence-corrected chi connectivity index (χ1v) is 7.90. The average molecular weight is 388 g/mol. The van der Waals surface area contributed by atoms with E-state index in [-0.39, 0.29) is 10.6 Å². The number of hydrogen-bond donors (Lipinski definition) is 1. The summed E-state index contributed by atoms with van der Waals surface area (Å²) in [6.45, 7) is 1.11. The molecule has 8 heteroatoms. The topological polar surface area (TPSA) is 55.4 Å². The van der Waals surface area contributed by atoms with Gasteiger partial charge in [-0.3, -0.25) is 4.79 Å². The molecule has 0 saturated carbocycles. The fourth-order valence-corrected chi connectivity index (χ4v) is 2.60. The second-order valence-corrected chi connectivity index (χ2v) is 5.95. The highest BCUT2D eigenvalue weighted by Gasteiger charge is 2.18. The van der Waals surface area contributed by atoms with Crippen LogP contribution < -0.4 is 5.32 Å². The summed E-state index contributed by atoms with van der Waals surface area (Å²) in [6.07, 6.45) is 0. The van der Waals surface area contributed by atoms with Crippen LogP contribution in [-0.2, 0) is 9.53 Å². The van der Waals surface area contributed by atoms with Crippen molar-refractivity contribution in [1.82, 2.24) is 5.32 Å². The summed E-state index contributed by atoms with van der Waals surface area (Å²) in [4.78, 5) is 23.7. The quantitative estimate of drug-likeness (QED) is 0.614. The van der Waals surface area contributed by atoms with Gasteiger partial charge in [-0.25, -0.2) is 13.6 Å². The summed E-state index contributed by atoms with van der Waals surface area (Å²) in [5.74, 6) is -4.05. The second kappa shape index (κ2) is 8.27. The van der Waals surface area contributed by atoms with Crippen molar-refractivity contribution in [2.24, 2.45) is 0 Å². The number of nitrogens with one attached hydrogen (secondary N) is 1. The number of halogens is 4. The number of benzene rings is 2. The highest BCUT2D eigenvalue weighted by Crippen LogP contribution is 2.22. The molecular weight excluding hydrogens is 375 g/mol. The van der Waals surface area contributed by atoms with Crippen molar-refractivity contribution < 1.29 is 23.1 Å². The van der Waals surface area contributed by atoms with E-state index in [9.17, 15) is 18.4 Å². The zero-order chi connectivity index (χ0) is 18.6. The third-order valence-electron chi connectivity index (χ3n) is 3.31. The van der Waals surface area contributed by atoms with Crippen molar-refractivity contribution in [1.29, 1.82) is 0 Å². The molecule has 0 bridgehead atoms. The van der Waals surface area contributed by atoms with Gasteiger partial charge in [-0.1, -0.05) is 41.4 Å². The summed E-state index contributed by atoms with van der Waals surface area (Å²) < 4.78 is 30.9. The van der Waals surface area contributed by atoms with E-state index in [0.29, 0.717) is 22.7 Å². The molecule has 0 aliphatic carbocycles. The molecule has 1 atom stereocenters. The van der Waals surface area contributed by atoms with Gasteiger partial charge in [-0.2, -0.15) is 0 Å². The molecule has 0 radical (unpaired) electrons. The molecule has 4 nitrogen and oxygen atoms in total. The van der Waals surface area contributed by atoms with E-state index in [4.69, 9.17) is 27.9 Å². The molecule has 0 aliphatic heterocycles. The molecule has 0 heterocycles. The maximum atomic E-state index is 13.2. The van der Waals surface area contributed by atoms with Crippen LogP contribution in [0.3, 0.4) is 0 Å². The van der Waals surface area contributed by atoms with Gasteiger partial charge in [0.15, 0.2) is 18.2 Å². The van der Waals surface area contributed by atoms with Crippen molar-refractivity contribution >= 4 is 35.1 Å². The Kier molecular flexibility index (Phi) is 6.33. The lowest BCUT2D eigenvalue weighted by molar-refractivity contribution is -0.124. The smallest absolute Gasteiger partial charge is 0.340 e. The number of rotatable bonds is 5. The lowest BCUT2D eigenvalue weighted by Gasteiger charge is -2.15. The van der Waals surface area contributed by atoms with Crippen LogP contribution in [0.5, 0.6) is 0 Å². The average Bonchev–Trinajstić information content (AvgIpc) is 2.56. The number of hydrogen-bond acceptors (Lipinski definition) is 3. The van der Waals surface area contributed by atoms with E-state index in [0.717, 1.165) is 0 Å². The van der Waals surface area contributed by atoms with Crippen LogP contribution in [0.1, 0.15) is 28.9 Å². The van der Waals surface area contributed by atoms with Crippen molar-refractivity contribution in [3.63, 3.8) is 0 Å². The van der Waals surface area contributed by atoms with E-state index in [2.05, 4.69) is 5.32 Å². The van der Waals surface area contributed by atoms with E-state index < -0.39 is 36.2 Å². The molecule has 0 unspecified atom stereocenters. The van der Waals surface area contributed by atoms with Crippen molar-refractivity contribution in [2.75, 3.05) is 6.61 Å². The number of carbonyl (C=O) groups excluding carboxylic acids is 2. The molecule has 0 spiro atoms. The molecule has 0 fully saturated rings. The number of ether oxygens (including phenoxy) is 1.